The summed E-state index contributed by atoms with van der Waals surface area (Å²) in [5.41, 5.74) is 1.23. The second-order valence-electron chi connectivity index (χ2n) is 4.36. The van der Waals surface area contributed by atoms with Gasteiger partial charge in [0.05, 0.1) is 6.10 Å². The summed E-state index contributed by atoms with van der Waals surface area (Å²) in [4.78, 5) is 0. The Morgan fingerprint density at radius 2 is 2.21 bits per heavy atom. The standard InChI is InChI=1S/C12H23NO/c1-5-13-11(8-9(2)3)12(14-4)10-6-7-10/h10-13H,2,5-8H2,1,3-4H3. The average Bonchev–Trinajstić information content (AvgIpc) is 2.89. The van der Waals surface area contributed by atoms with Crippen LogP contribution in [0, 0.1) is 5.92 Å². The van der Waals surface area contributed by atoms with Crippen molar-refractivity contribution in [2.24, 2.45) is 5.92 Å². The number of methoxy groups -OCH3 is 1. The van der Waals surface area contributed by atoms with Crippen LogP contribution in [0.4, 0.5) is 0 Å². The van der Waals surface area contributed by atoms with E-state index >= 15 is 0 Å². The molecule has 82 valence electrons. The maximum atomic E-state index is 5.59. The van der Waals surface area contributed by atoms with E-state index < -0.39 is 0 Å². The lowest BCUT2D eigenvalue weighted by Crippen LogP contribution is -2.42. The molecule has 0 bridgehead atoms. The van der Waals surface area contributed by atoms with Crippen molar-refractivity contribution in [3.63, 3.8) is 0 Å². The van der Waals surface area contributed by atoms with E-state index in [1.54, 1.807) is 0 Å². The lowest BCUT2D eigenvalue weighted by Gasteiger charge is -2.27. The van der Waals surface area contributed by atoms with Crippen LogP contribution in [0.3, 0.4) is 0 Å². The first-order valence-corrected chi connectivity index (χ1v) is 5.59. The summed E-state index contributed by atoms with van der Waals surface area (Å²) in [6, 6.07) is 0.454. The molecule has 1 rings (SSSR count). The monoisotopic (exact) mass is 197 g/mol. The van der Waals surface area contributed by atoms with Gasteiger partial charge in [-0.25, -0.2) is 0 Å². The van der Waals surface area contributed by atoms with E-state index in [1.807, 2.05) is 7.11 Å². The summed E-state index contributed by atoms with van der Waals surface area (Å²) in [6.07, 6.45) is 4.07. The fraction of sp³-hybridized carbons (Fsp3) is 0.833. The summed E-state index contributed by atoms with van der Waals surface area (Å²) in [5.74, 6) is 0.781. The van der Waals surface area contributed by atoms with Gasteiger partial charge in [0.25, 0.3) is 0 Å². The van der Waals surface area contributed by atoms with E-state index in [4.69, 9.17) is 4.74 Å². The van der Waals surface area contributed by atoms with Crippen LogP contribution in [0.1, 0.15) is 33.1 Å². The first-order valence-electron chi connectivity index (χ1n) is 5.59. The molecular formula is C12H23NO. The number of nitrogens with one attached hydrogen (secondary N) is 1. The smallest absolute Gasteiger partial charge is 0.0755 e. The highest BCUT2D eigenvalue weighted by Crippen LogP contribution is 2.36. The summed E-state index contributed by atoms with van der Waals surface area (Å²) in [5, 5.41) is 3.50. The third-order valence-corrected chi connectivity index (χ3v) is 2.79. The zero-order valence-corrected chi connectivity index (χ0v) is 9.68. The molecule has 0 heterocycles. The SMILES string of the molecule is C=C(C)CC(NCC)C(OC)C1CC1. The molecule has 0 saturated heterocycles. The Bertz CT molecular complexity index is 187. The lowest BCUT2D eigenvalue weighted by atomic mass is 9.99. The van der Waals surface area contributed by atoms with Crippen molar-refractivity contribution < 1.29 is 4.74 Å². The number of ether oxygens (including phenoxy) is 1. The van der Waals surface area contributed by atoms with Gasteiger partial charge in [-0.2, -0.15) is 0 Å². The van der Waals surface area contributed by atoms with Gasteiger partial charge in [-0.3, -0.25) is 0 Å². The number of likely N-dealkylation sites (N-methyl/N-ethyl adjacent to an activating group) is 1. The van der Waals surface area contributed by atoms with Gasteiger partial charge >= 0.3 is 0 Å². The molecule has 14 heavy (non-hydrogen) atoms. The Morgan fingerprint density at radius 1 is 1.57 bits per heavy atom. The van der Waals surface area contributed by atoms with Crippen LogP contribution in [0.5, 0.6) is 0 Å². The molecule has 0 aromatic rings. The second kappa shape index (κ2) is 5.52. The molecule has 0 radical (unpaired) electrons. The Balaban J connectivity index is 2.48. The van der Waals surface area contributed by atoms with Crippen LogP contribution in [0.15, 0.2) is 12.2 Å². The molecule has 0 aliphatic heterocycles. The van der Waals surface area contributed by atoms with Crippen LogP contribution in [0.2, 0.25) is 0 Å². The van der Waals surface area contributed by atoms with Crippen molar-refractivity contribution in [2.75, 3.05) is 13.7 Å². The molecule has 2 atom stereocenters. The molecule has 2 heteroatoms. The van der Waals surface area contributed by atoms with Gasteiger partial charge in [0, 0.05) is 13.2 Å². The summed E-state index contributed by atoms with van der Waals surface area (Å²) >= 11 is 0. The van der Waals surface area contributed by atoms with E-state index in [1.165, 1.54) is 18.4 Å². The summed E-state index contributed by atoms with van der Waals surface area (Å²) in [7, 11) is 1.83. The quantitative estimate of drug-likeness (QED) is 0.633. The molecule has 1 aliphatic carbocycles. The summed E-state index contributed by atoms with van der Waals surface area (Å²) in [6.45, 7) is 9.21. The molecule has 0 aromatic heterocycles. The molecule has 0 aromatic carbocycles. The first kappa shape index (κ1) is 11.7. The highest BCUT2D eigenvalue weighted by Gasteiger charge is 2.36. The molecule has 2 nitrogen and oxygen atoms in total. The van der Waals surface area contributed by atoms with E-state index in [-0.39, 0.29) is 0 Å². The molecular weight excluding hydrogens is 174 g/mol. The van der Waals surface area contributed by atoms with Crippen LogP contribution in [-0.2, 0) is 4.74 Å². The van der Waals surface area contributed by atoms with E-state index in [0.717, 1.165) is 18.9 Å². The van der Waals surface area contributed by atoms with E-state index in [2.05, 4.69) is 25.7 Å². The van der Waals surface area contributed by atoms with Crippen LogP contribution < -0.4 is 5.32 Å². The van der Waals surface area contributed by atoms with E-state index in [9.17, 15) is 0 Å². The molecule has 2 unspecified atom stereocenters. The fourth-order valence-electron chi connectivity index (χ4n) is 2.05. The highest BCUT2D eigenvalue weighted by atomic mass is 16.5. The Hall–Kier alpha value is -0.340. The number of hydrogen-bond acceptors (Lipinski definition) is 2. The summed E-state index contributed by atoms with van der Waals surface area (Å²) < 4.78 is 5.59. The first-order chi connectivity index (χ1) is 6.69. The predicted molar refractivity (Wildman–Crippen MR) is 60.4 cm³/mol. The van der Waals surface area contributed by atoms with Gasteiger partial charge in [-0.05, 0) is 38.6 Å². The van der Waals surface area contributed by atoms with Gasteiger partial charge < -0.3 is 10.1 Å². The van der Waals surface area contributed by atoms with Crippen LogP contribution in [0.25, 0.3) is 0 Å². The van der Waals surface area contributed by atoms with Gasteiger partial charge in [-0.1, -0.05) is 12.5 Å². The molecule has 0 amide bonds. The highest BCUT2D eigenvalue weighted by molar-refractivity contribution is 4.99. The molecule has 1 N–H and O–H groups in total. The zero-order valence-electron chi connectivity index (χ0n) is 9.68. The van der Waals surface area contributed by atoms with Crippen molar-refractivity contribution in [2.45, 2.75) is 45.3 Å². The molecule has 0 spiro atoms. The Morgan fingerprint density at radius 3 is 2.57 bits per heavy atom. The largest absolute Gasteiger partial charge is 0.380 e. The maximum Gasteiger partial charge on any atom is 0.0755 e. The molecule has 1 saturated carbocycles. The number of hydrogen-bond donors (Lipinski definition) is 1. The minimum Gasteiger partial charge on any atom is -0.380 e. The number of rotatable bonds is 7. The topological polar surface area (TPSA) is 21.3 Å². The van der Waals surface area contributed by atoms with Crippen molar-refractivity contribution in [3.8, 4) is 0 Å². The maximum absolute atomic E-state index is 5.59. The minimum atomic E-state index is 0.381. The zero-order chi connectivity index (χ0) is 10.6. The van der Waals surface area contributed by atoms with Crippen molar-refractivity contribution in [3.05, 3.63) is 12.2 Å². The Labute approximate surface area is 87.7 Å². The predicted octanol–water partition coefficient (Wildman–Crippen LogP) is 2.36. The molecule has 1 fully saturated rings. The molecule has 1 aliphatic rings. The third-order valence-electron chi connectivity index (χ3n) is 2.79. The van der Waals surface area contributed by atoms with Gasteiger partial charge in [0.2, 0.25) is 0 Å². The van der Waals surface area contributed by atoms with Crippen molar-refractivity contribution >= 4 is 0 Å². The third kappa shape index (κ3) is 3.43. The van der Waals surface area contributed by atoms with Crippen LogP contribution >= 0.6 is 0 Å². The fourth-order valence-corrected chi connectivity index (χ4v) is 2.05. The van der Waals surface area contributed by atoms with Crippen molar-refractivity contribution in [1.29, 1.82) is 0 Å². The normalized spacial score (nSPS) is 20.5. The van der Waals surface area contributed by atoms with E-state index in [0.29, 0.717) is 12.1 Å². The van der Waals surface area contributed by atoms with Crippen molar-refractivity contribution in [1.82, 2.24) is 5.32 Å². The van der Waals surface area contributed by atoms with Gasteiger partial charge in [0.15, 0.2) is 0 Å². The van der Waals surface area contributed by atoms with Crippen LogP contribution in [-0.4, -0.2) is 25.8 Å². The van der Waals surface area contributed by atoms with Gasteiger partial charge in [0.1, 0.15) is 0 Å². The average molecular weight is 197 g/mol. The van der Waals surface area contributed by atoms with Gasteiger partial charge in [-0.15, -0.1) is 6.58 Å². The Kier molecular flexibility index (Phi) is 4.63. The minimum absolute atomic E-state index is 0.381. The lowest BCUT2D eigenvalue weighted by molar-refractivity contribution is 0.0516. The second-order valence-corrected chi connectivity index (χ2v) is 4.36.